The van der Waals surface area contributed by atoms with Gasteiger partial charge in [0.2, 0.25) is 5.91 Å². The Hall–Kier alpha value is -0.570. The predicted molar refractivity (Wildman–Crippen MR) is 81.1 cm³/mol. The molecule has 4 rings (SSSR count). The van der Waals surface area contributed by atoms with Gasteiger partial charge in [0, 0.05) is 18.5 Å². The maximum Gasteiger partial charge on any atom is 0.221 e. The molecule has 4 bridgehead atoms. The summed E-state index contributed by atoms with van der Waals surface area (Å²) in [5.41, 5.74) is 5.92. The number of rotatable bonds is 5. The Morgan fingerprint density at radius 2 is 1.70 bits per heavy atom. The van der Waals surface area contributed by atoms with Crippen LogP contribution in [-0.4, -0.2) is 18.0 Å². The van der Waals surface area contributed by atoms with Gasteiger partial charge >= 0.3 is 0 Å². The van der Waals surface area contributed by atoms with Gasteiger partial charge in [0.1, 0.15) is 0 Å². The molecule has 0 heterocycles. The molecule has 4 fully saturated rings. The van der Waals surface area contributed by atoms with Crippen molar-refractivity contribution in [3.05, 3.63) is 0 Å². The van der Waals surface area contributed by atoms with Gasteiger partial charge in [-0.05, 0) is 75.0 Å². The van der Waals surface area contributed by atoms with Crippen molar-refractivity contribution in [3.8, 4) is 0 Å². The smallest absolute Gasteiger partial charge is 0.221 e. The van der Waals surface area contributed by atoms with E-state index in [1.165, 1.54) is 38.5 Å². The van der Waals surface area contributed by atoms with Crippen LogP contribution in [-0.2, 0) is 4.79 Å². The molecular weight excluding hydrogens is 248 g/mol. The zero-order chi connectivity index (χ0) is 14.4. The second-order valence-electron chi connectivity index (χ2n) is 8.26. The summed E-state index contributed by atoms with van der Waals surface area (Å²) in [6.07, 6.45) is 9.87. The standard InChI is InChI=1S/C17H30N2O/c1-3-16(2,11-18)19-15(20)10-17-7-12-4-13(8-17)6-14(5-12)9-17/h12-14H,3-11,18H2,1-2H3,(H,19,20). The minimum atomic E-state index is -0.223. The van der Waals surface area contributed by atoms with E-state index in [4.69, 9.17) is 5.73 Å². The van der Waals surface area contributed by atoms with E-state index in [1.807, 2.05) is 0 Å². The van der Waals surface area contributed by atoms with Gasteiger partial charge in [-0.25, -0.2) is 0 Å². The van der Waals surface area contributed by atoms with E-state index >= 15 is 0 Å². The first kappa shape index (κ1) is 14.4. The molecule has 20 heavy (non-hydrogen) atoms. The van der Waals surface area contributed by atoms with Gasteiger partial charge in [0.15, 0.2) is 0 Å². The van der Waals surface area contributed by atoms with E-state index < -0.39 is 0 Å². The molecule has 3 N–H and O–H groups in total. The van der Waals surface area contributed by atoms with E-state index in [0.717, 1.165) is 30.6 Å². The lowest BCUT2D eigenvalue weighted by Crippen LogP contribution is -2.53. The minimum absolute atomic E-state index is 0.223. The van der Waals surface area contributed by atoms with Crippen molar-refractivity contribution in [2.24, 2.45) is 28.9 Å². The average molecular weight is 278 g/mol. The first-order chi connectivity index (χ1) is 9.46. The van der Waals surface area contributed by atoms with Crippen molar-refractivity contribution < 1.29 is 4.79 Å². The van der Waals surface area contributed by atoms with Crippen LogP contribution < -0.4 is 11.1 Å². The summed E-state index contributed by atoms with van der Waals surface area (Å²) >= 11 is 0. The first-order valence-corrected chi connectivity index (χ1v) is 8.47. The zero-order valence-electron chi connectivity index (χ0n) is 13.1. The van der Waals surface area contributed by atoms with Gasteiger partial charge in [-0.15, -0.1) is 0 Å². The highest BCUT2D eigenvalue weighted by Gasteiger charge is 2.51. The van der Waals surface area contributed by atoms with Gasteiger partial charge in [0.05, 0.1) is 0 Å². The monoisotopic (exact) mass is 278 g/mol. The van der Waals surface area contributed by atoms with E-state index in [-0.39, 0.29) is 11.4 Å². The second kappa shape index (κ2) is 5.01. The van der Waals surface area contributed by atoms with Crippen LogP contribution in [0.2, 0.25) is 0 Å². The molecule has 0 radical (unpaired) electrons. The van der Waals surface area contributed by atoms with Crippen LogP contribution in [0.4, 0.5) is 0 Å². The Bertz CT molecular complexity index is 351. The summed E-state index contributed by atoms with van der Waals surface area (Å²) in [4.78, 5) is 12.5. The number of nitrogens with two attached hydrogens (primary N) is 1. The number of amides is 1. The molecular formula is C17H30N2O. The zero-order valence-corrected chi connectivity index (χ0v) is 13.1. The van der Waals surface area contributed by atoms with Gasteiger partial charge in [-0.2, -0.15) is 0 Å². The largest absolute Gasteiger partial charge is 0.350 e. The number of hydrogen-bond donors (Lipinski definition) is 2. The molecule has 114 valence electrons. The van der Waals surface area contributed by atoms with E-state index in [0.29, 0.717) is 12.0 Å². The van der Waals surface area contributed by atoms with E-state index in [9.17, 15) is 4.79 Å². The average Bonchev–Trinajstić information content (AvgIpc) is 2.36. The molecule has 3 nitrogen and oxygen atoms in total. The van der Waals surface area contributed by atoms with Crippen LogP contribution in [0.1, 0.15) is 65.2 Å². The quantitative estimate of drug-likeness (QED) is 0.812. The molecule has 4 aliphatic carbocycles. The highest BCUT2D eigenvalue weighted by molar-refractivity contribution is 5.77. The molecule has 0 aromatic rings. The summed E-state index contributed by atoms with van der Waals surface area (Å²) in [6.45, 7) is 4.68. The Morgan fingerprint density at radius 1 is 1.20 bits per heavy atom. The van der Waals surface area contributed by atoms with Crippen molar-refractivity contribution in [1.29, 1.82) is 0 Å². The molecule has 0 saturated heterocycles. The van der Waals surface area contributed by atoms with Crippen LogP contribution in [0, 0.1) is 23.2 Å². The molecule has 0 aromatic heterocycles. The number of nitrogens with one attached hydrogen (secondary N) is 1. The number of carbonyl (C=O) groups excluding carboxylic acids is 1. The third kappa shape index (κ3) is 2.61. The molecule has 1 atom stereocenters. The minimum Gasteiger partial charge on any atom is -0.350 e. The summed E-state index contributed by atoms with van der Waals surface area (Å²) in [6, 6.07) is 0. The predicted octanol–water partition coefficient (Wildman–Crippen LogP) is 2.84. The van der Waals surface area contributed by atoms with Crippen molar-refractivity contribution in [1.82, 2.24) is 5.32 Å². The molecule has 3 heteroatoms. The van der Waals surface area contributed by atoms with E-state index in [1.54, 1.807) is 0 Å². The fourth-order valence-corrected chi connectivity index (χ4v) is 5.51. The fraction of sp³-hybridized carbons (Fsp3) is 0.941. The lowest BCUT2D eigenvalue weighted by molar-refractivity contribution is -0.131. The summed E-state index contributed by atoms with van der Waals surface area (Å²) in [7, 11) is 0. The van der Waals surface area contributed by atoms with Crippen molar-refractivity contribution in [3.63, 3.8) is 0 Å². The van der Waals surface area contributed by atoms with Crippen LogP contribution in [0.15, 0.2) is 0 Å². The summed E-state index contributed by atoms with van der Waals surface area (Å²) in [5, 5.41) is 3.20. The van der Waals surface area contributed by atoms with Crippen LogP contribution in [0.5, 0.6) is 0 Å². The van der Waals surface area contributed by atoms with Crippen LogP contribution in [0.3, 0.4) is 0 Å². The molecule has 1 amide bonds. The van der Waals surface area contributed by atoms with E-state index in [2.05, 4.69) is 19.2 Å². The maximum absolute atomic E-state index is 12.5. The maximum atomic E-state index is 12.5. The molecule has 1 unspecified atom stereocenters. The van der Waals surface area contributed by atoms with Gasteiger partial charge in [-0.3, -0.25) is 4.79 Å². The number of carbonyl (C=O) groups is 1. The Balaban J connectivity index is 1.64. The van der Waals surface area contributed by atoms with Crippen LogP contribution >= 0.6 is 0 Å². The second-order valence-corrected chi connectivity index (χ2v) is 8.26. The lowest BCUT2D eigenvalue weighted by atomic mass is 9.49. The Labute approximate surface area is 123 Å². The summed E-state index contributed by atoms with van der Waals surface area (Å²) in [5.74, 6) is 2.99. The van der Waals surface area contributed by atoms with Gasteiger partial charge in [-0.1, -0.05) is 6.92 Å². The SMILES string of the molecule is CCC(C)(CN)NC(=O)CC12CC3CC(CC(C3)C1)C2. The highest BCUT2D eigenvalue weighted by Crippen LogP contribution is 2.61. The molecule has 0 aromatic carbocycles. The third-order valence-corrected chi connectivity index (χ3v) is 6.37. The first-order valence-electron chi connectivity index (χ1n) is 8.47. The fourth-order valence-electron chi connectivity index (χ4n) is 5.51. The lowest BCUT2D eigenvalue weighted by Gasteiger charge is -2.56. The van der Waals surface area contributed by atoms with Gasteiger partial charge in [0.25, 0.3) is 0 Å². The number of hydrogen-bond acceptors (Lipinski definition) is 2. The van der Waals surface area contributed by atoms with Crippen molar-refractivity contribution in [2.45, 2.75) is 70.8 Å². The molecule has 4 saturated carbocycles. The molecule has 4 aliphatic rings. The topological polar surface area (TPSA) is 55.1 Å². The molecule has 0 spiro atoms. The molecule has 0 aliphatic heterocycles. The van der Waals surface area contributed by atoms with Crippen LogP contribution in [0.25, 0.3) is 0 Å². The Morgan fingerprint density at radius 3 is 2.10 bits per heavy atom. The van der Waals surface area contributed by atoms with Crippen molar-refractivity contribution in [2.75, 3.05) is 6.54 Å². The Kier molecular flexibility index (Phi) is 3.60. The summed E-state index contributed by atoms with van der Waals surface area (Å²) < 4.78 is 0. The van der Waals surface area contributed by atoms with Crippen molar-refractivity contribution >= 4 is 5.91 Å². The normalized spacial score (nSPS) is 41.5. The van der Waals surface area contributed by atoms with Gasteiger partial charge < -0.3 is 11.1 Å². The third-order valence-electron chi connectivity index (χ3n) is 6.37. The highest BCUT2D eigenvalue weighted by atomic mass is 16.1.